The molecule has 0 aliphatic heterocycles. The first-order chi connectivity index (χ1) is 11.4. The number of rotatable bonds is 5. The van der Waals surface area contributed by atoms with Gasteiger partial charge in [0.05, 0.1) is 5.56 Å². The second-order valence-electron chi connectivity index (χ2n) is 5.30. The Bertz CT molecular complexity index is 745. The lowest BCUT2D eigenvalue weighted by Crippen LogP contribution is -2.21. The zero-order chi connectivity index (χ0) is 17.7. The third kappa shape index (κ3) is 4.63. The van der Waals surface area contributed by atoms with Crippen LogP contribution in [-0.2, 0) is 9.53 Å². The van der Waals surface area contributed by atoms with E-state index in [1.807, 2.05) is 31.1 Å². The highest BCUT2D eigenvalue weighted by Gasteiger charge is 2.13. The maximum Gasteiger partial charge on any atom is 0.340 e. The molecule has 7 heteroatoms. The largest absolute Gasteiger partial charge is 0.452 e. The summed E-state index contributed by atoms with van der Waals surface area (Å²) in [6.45, 7) is -0.406. The van der Waals surface area contributed by atoms with Crippen molar-refractivity contribution in [3.63, 3.8) is 0 Å². The number of nitrogens with zero attached hydrogens (tertiary/aromatic N) is 1. The Morgan fingerprint density at radius 3 is 2.42 bits per heavy atom. The summed E-state index contributed by atoms with van der Waals surface area (Å²) in [4.78, 5) is 25.7. The molecule has 6 nitrogen and oxygen atoms in total. The summed E-state index contributed by atoms with van der Waals surface area (Å²) in [6.07, 6.45) is 0. The van der Waals surface area contributed by atoms with Crippen LogP contribution < -0.4 is 16.0 Å². The van der Waals surface area contributed by atoms with Gasteiger partial charge in [0.2, 0.25) is 0 Å². The van der Waals surface area contributed by atoms with Crippen LogP contribution >= 0.6 is 11.6 Å². The lowest BCUT2D eigenvalue weighted by molar-refractivity contribution is -0.119. The molecule has 0 radical (unpaired) electrons. The number of carbonyl (C=O) groups excluding carboxylic acids is 2. The van der Waals surface area contributed by atoms with Gasteiger partial charge in [-0.3, -0.25) is 4.79 Å². The number of anilines is 3. The summed E-state index contributed by atoms with van der Waals surface area (Å²) < 4.78 is 4.96. The summed E-state index contributed by atoms with van der Waals surface area (Å²) in [5.74, 6) is -1.12. The van der Waals surface area contributed by atoms with E-state index in [4.69, 9.17) is 22.1 Å². The van der Waals surface area contributed by atoms with E-state index >= 15 is 0 Å². The lowest BCUT2D eigenvalue weighted by atomic mass is 10.2. The van der Waals surface area contributed by atoms with E-state index in [2.05, 4.69) is 5.32 Å². The van der Waals surface area contributed by atoms with E-state index in [0.717, 1.165) is 5.69 Å². The Labute approximate surface area is 145 Å². The Kier molecular flexibility index (Phi) is 5.65. The van der Waals surface area contributed by atoms with Crippen molar-refractivity contribution in [2.45, 2.75) is 0 Å². The molecule has 0 aliphatic rings. The molecule has 2 rings (SSSR count). The number of hydrogen-bond donors (Lipinski definition) is 2. The molecule has 0 unspecified atom stereocenters. The van der Waals surface area contributed by atoms with Crippen molar-refractivity contribution in [3.05, 3.63) is 53.1 Å². The molecule has 126 valence electrons. The molecule has 0 bridgehead atoms. The Morgan fingerprint density at radius 1 is 1.17 bits per heavy atom. The van der Waals surface area contributed by atoms with Crippen LogP contribution in [0.4, 0.5) is 17.1 Å². The fraction of sp³-hybridized carbons (Fsp3) is 0.176. The van der Waals surface area contributed by atoms with Crippen LogP contribution in [0.2, 0.25) is 5.02 Å². The molecule has 2 aromatic carbocycles. The minimum atomic E-state index is -0.678. The Morgan fingerprint density at radius 2 is 1.83 bits per heavy atom. The molecule has 0 spiro atoms. The highest BCUT2D eigenvalue weighted by Crippen LogP contribution is 2.19. The maximum absolute atomic E-state index is 11.9. The van der Waals surface area contributed by atoms with Crippen molar-refractivity contribution in [1.29, 1.82) is 0 Å². The molecule has 1 amide bonds. The van der Waals surface area contributed by atoms with Gasteiger partial charge in [0, 0.05) is 36.2 Å². The van der Waals surface area contributed by atoms with E-state index in [9.17, 15) is 9.59 Å². The number of nitrogens with two attached hydrogens (primary N) is 1. The first kappa shape index (κ1) is 17.6. The van der Waals surface area contributed by atoms with E-state index in [1.165, 1.54) is 18.2 Å². The number of esters is 1. The minimum Gasteiger partial charge on any atom is -0.452 e. The number of nitrogens with one attached hydrogen (secondary N) is 1. The Balaban J connectivity index is 1.89. The average Bonchev–Trinajstić information content (AvgIpc) is 2.53. The smallest absolute Gasteiger partial charge is 0.340 e. The second-order valence-corrected chi connectivity index (χ2v) is 5.73. The van der Waals surface area contributed by atoms with E-state index < -0.39 is 18.5 Å². The first-order valence-corrected chi connectivity index (χ1v) is 7.54. The van der Waals surface area contributed by atoms with Crippen molar-refractivity contribution in [3.8, 4) is 0 Å². The molecule has 24 heavy (non-hydrogen) atoms. The predicted molar refractivity (Wildman–Crippen MR) is 95.5 cm³/mol. The van der Waals surface area contributed by atoms with Gasteiger partial charge < -0.3 is 20.7 Å². The number of halogens is 1. The van der Waals surface area contributed by atoms with Gasteiger partial charge >= 0.3 is 5.97 Å². The van der Waals surface area contributed by atoms with Crippen LogP contribution in [0.25, 0.3) is 0 Å². The van der Waals surface area contributed by atoms with Gasteiger partial charge in [-0.2, -0.15) is 0 Å². The van der Waals surface area contributed by atoms with Crippen LogP contribution in [0.3, 0.4) is 0 Å². The minimum absolute atomic E-state index is 0.169. The predicted octanol–water partition coefficient (Wildman–Crippen LogP) is 2.78. The molecule has 3 N–H and O–H groups in total. The zero-order valence-electron chi connectivity index (χ0n) is 13.4. The van der Waals surface area contributed by atoms with Crippen LogP contribution in [0.5, 0.6) is 0 Å². The summed E-state index contributed by atoms with van der Waals surface area (Å²) in [5.41, 5.74) is 7.70. The van der Waals surface area contributed by atoms with E-state index in [1.54, 1.807) is 12.1 Å². The molecule has 0 saturated carbocycles. The van der Waals surface area contributed by atoms with Crippen molar-refractivity contribution in [2.24, 2.45) is 0 Å². The van der Waals surface area contributed by atoms with Crippen LogP contribution in [0.1, 0.15) is 10.4 Å². The molecule has 0 atom stereocenters. The summed E-state index contributed by atoms with van der Waals surface area (Å²) in [5, 5.41) is 3.07. The third-order valence-electron chi connectivity index (χ3n) is 3.24. The topological polar surface area (TPSA) is 84.7 Å². The first-order valence-electron chi connectivity index (χ1n) is 7.16. The summed E-state index contributed by atoms with van der Waals surface area (Å²) >= 11 is 5.77. The van der Waals surface area contributed by atoms with Crippen molar-refractivity contribution >= 4 is 40.5 Å². The number of ether oxygens (including phenoxy) is 1. The molecule has 2 aromatic rings. The van der Waals surface area contributed by atoms with Crippen molar-refractivity contribution in [2.75, 3.05) is 36.7 Å². The fourth-order valence-electron chi connectivity index (χ4n) is 1.97. The monoisotopic (exact) mass is 347 g/mol. The normalized spacial score (nSPS) is 10.1. The van der Waals surface area contributed by atoms with Crippen LogP contribution in [0, 0.1) is 0 Å². The highest BCUT2D eigenvalue weighted by molar-refractivity contribution is 6.31. The van der Waals surface area contributed by atoms with E-state index in [-0.39, 0.29) is 11.3 Å². The average molecular weight is 348 g/mol. The van der Waals surface area contributed by atoms with Gasteiger partial charge in [0.25, 0.3) is 5.91 Å². The zero-order valence-corrected chi connectivity index (χ0v) is 14.1. The molecule has 0 heterocycles. The fourth-order valence-corrected chi connectivity index (χ4v) is 2.15. The van der Waals surface area contributed by atoms with Gasteiger partial charge in [-0.25, -0.2) is 4.79 Å². The standard InChI is InChI=1S/C17H18ClN3O3/c1-21(2)13-6-4-12(5-7-13)20-16(22)10-24-17(23)14-8-3-11(18)9-15(14)19/h3-9H,10,19H2,1-2H3,(H,20,22). The lowest BCUT2D eigenvalue weighted by Gasteiger charge is -2.13. The number of amides is 1. The Hall–Kier alpha value is -2.73. The molecule has 0 aromatic heterocycles. The number of nitrogen functional groups attached to an aromatic ring is 1. The number of carbonyl (C=O) groups is 2. The van der Waals surface area contributed by atoms with Gasteiger partial charge in [-0.15, -0.1) is 0 Å². The van der Waals surface area contributed by atoms with Crippen LogP contribution in [0.15, 0.2) is 42.5 Å². The quantitative estimate of drug-likeness (QED) is 0.641. The SMILES string of the molecule is CN(C)c1ccc(NC(=O)COC(=O)c2ccc(Cl)cc2N)cc1. The summed E-state index contributed by atoms with van der Waals surface area (Å²) in [7, 11) is 3.85. The van der Waals surface area contributed by atoms with Gasteiger partial charge in [0.1, 0.15) is 0 Å². The number of hydrogen-bond acceptors (Lipinski definition) is 5. The second kappa shape index (κ2) is 7.70. The van der Waals surface area contributed by atoms with Crippen molar-refractivity contribution < 1.29 is 14.3 Å². The maximum atomic E-state index is 11.9. The molecular formula is C17H18ClN3O3. The molecule has 0 aliphatic carbocycles. The summed E-state index contributed by atoms with van der Waals surface area (Å²) in [6, 6.07) is 11.7. The van der Waals surface area contributed by atoms with Gasteiger partial charge in [-0.05, 0) is 42.5 Å². The van der Waals surface area contributed by atoms with Crippen molar-refractivity contribution in [1.82, 2.24) is 0 Å². The molecule has 0 fully saturated rings. The molecule has 0 saturated heterocycles. The van der Waals surface area contributed by atoms with E-state index in [0.29, 0.717) is 10.7 Å². The number of benzene rings is 2. The highest BCUT2D eigenvalue weighted by atomic mass is 35.5. The van der Waals surface area contributed by atoms with Gasteiger partial charge in [-0.1, -0.05) is 11.6 Å². The van der Waals surface area contributed by atoms with Crippen LogP contribution in [-0.4, -0.2) is 32.6 Å². The molecular weight excluding hydrogens is 330 g/mol. The van der Waals surface area contributed by atoms with Gasteiger partial charge in [0.15, 0.2) is 6.61 Å². The third-order valence-corrected chi connectivity index (χ3v) is 3.47.